The maximum atomic E-state index is 5.45. The molecule has 0 fully saturated rings. The fourth-order valence-corrected chi connectivity index (χ4v) is 2.27. The number of hydrogen-bond donors (Lipinski definition) is 1. The van der Waals surface area contributed by atoms with Gasteiger partial charge in [0, 0.05) is 24.4 Å². The van der Waals surface area contributed by atoms with Gasteiger partial charge >= 0.3 is 0 Å². The Hall–Kier alpha value is -1.88. The average Bonchev–Trinajstić information content (AvgIpc) is 3.07. The van der Waals surface area contributed by atoms with Crippen molar-refractivity contribution in [2.24, 2.45) is 0 Å². The Balaban J connectivity index is 1.86. The van der Waals surface area contributed by atoms with Crippen molar-refractivity contribution in [1.29, 1.82) is 0 Å². The van der Waals surface area contributed by atoms with E-state index in [1.165, 1.54) is 5.56 Å². The molecule has 5 heteroatoms. The van der Waals surface area contributed by atoms with Crippen LogP contribution < -0.4 is 5.32 Å². The number of benzene rings is 1. The highest BCUT2D eigenvalue weighted by atomic mass is 16.5. The highest BCUT2D eigenvalue weighted by molar-refractivity contribution is 5.66. The van der Waals surface area contributed by atoms with Crippen LogP contribution in [0.1, 0.15) is 31.3 Å². The molecular weight excluding hydrogens is 242 g/mol. The van der Waals surface area contributed by atoms with Crippen molar-refractivity contribution in [3.63, 3.8) is 0 Å². The van der Waals surface area contributed by atoms with E-state index >= 15 is 0 Å². The van der Waals surface area contributed by atoms with E-state index in [1.807, 2.05) is 19.9 Å². The van der Waals surface area contributed by atoms with Gasteiger partial charge in [-0.3, -0.25) is 0 Å². The predicted octanol–water partition coefficient (Wildman–Crippen LogP) is 2.80. The first-order chi connectivity index (χ1) is 9.28. The standard InChI is InChI=1S/C14H17N3O2/c1-3-18-9(2)13-16-14(19-17-13)11-5-4-10-6-7-15-12(10)8-11/h4-5,8-9,15H,3,6-7H2,1-2H3. The molecule has 1 aliphatic rings. The Bertz CT molecular complexity index is 580. The first-order valence-corrected chi connectivity index (χ1v) is 6.60. The molecule has 0 aliphatic carbocycles. The first-order valence-electron chi connectivity index (χ1n) is 6.60. The van der Waals surface area contributed by atoms with Crippen LogP contribution in [0.25, 0.3) is 11.5 Å². The number of anilines is 1. The van der Waals surface area contributed by atoms with E-state index in [1.54, 1.807) is 0 Å². The van der Waals surface area contributed by atoms with Crippen LogP contribution in [0.3, 0.4) is 0 Å². The number of nitrogens with zero attached hydrogens (tertiary/aromatic N) is 2. The second kappa shape index (κ2) is 5.01. The molecule has 3 rings (SSSR count). The molecule has 2 heterocycles. The number of ether oxygens (including phenoxy) is 1. The van der Waals surface area contributed by atoms with E-state index in [2.05, 4.69) is 27.6 Å². The average molecular weight is 259 g/mol. The largest absolute Gasteiger partial charge is 0.384 e. The molecule has 1 aromatic carbocycles. The third-order valence-corrected chi connectivity index (χ3v) is 3.29. The lowest BCUT2D eigenvalue weighted by atomic mass is 10.1. The summed E-state index contributed by atoms with van der Waals surface area (Å²) in [6, 6.07) is 6.19. The quantitative estimate of drug-likeness (QED) is 0.914. The molecule has 1 aliphatic heterocycles. The molecule has 19 heavy (non-hydrogen) atoms. The van der Waals surface area contributed by atoms with Gasteiger partial charge in [-0.2, -0.15) is 4.98 Å². The number of aromatic nitrogens is 2. The van der Waals surface area contributed by atoms with E-state index in [0.29, 0.717) is 18.3 Å². The summed E-state index contributed by atoms with van der Waals surface area (Å²) in [6.45, 7) is 5.50. The third-order valence-electron chi connectivity index (χ3n) is 3.29. The van der Waals surface area contributed by atoms with Crippen LogP contribution in [0.2, 0.25) is 0 Å². The Labute approximate surface area is 112 Å². The van der Waals surface area contributed by atoms with Crippen molar-refractivity contribution >= 4 is 5.69 Å². The number of rotatable bonds is 4. The summed E-state index contributed by atoms with van der Waals surface area (Å²) in [7, 11) is 0. The Morgan fingerprint density at radius 2 is 2.37 bits per heavy atom. The van der Waals surface area contributed by atoms with Crippen LogP contribution in [0, 0.1) is 0 Å². The van der Waals surface area contributed by atoms with Gasteiger partial charge < -0.3 is 14.6 Å². The van der Waals surface area contributed by atoms with Gasteiger partial charge in [0.1, 0.15) is 6.10 Å². The topological polar surface area (TPSA) is 60.2 Å². The van der Waals surface area contributed by atoms with Crippen LogP contribution in [-0.2, 0) is 11.2 Å². The molecule has 0 amide bonds. The van der Waals surface area contributed by atoms with E-state index in [-0.39, 0.29) is 6.10 Å². The highest BCUT2D eigenvalue weighted by Crippen LogP contribution is 2.28. The molecule has 1 aromatic heterocycles. The third kappa shape index (κ3) is 2.33. The summed E-state index contributed by atoms with van der Waals surface area (Å²) in [5, 5.41) is 7.32. The molecule has 100 valence electrons. The molecule has 0 spiro atoms. The molecule has 5 nitrogen and oxygen atoms in total. The van der Waals surface area contributed by atoms with Crippen LogP contribution >= 0.6 is 0 Å². The van der Waals surface area contributed by atoms with Crippen LogP contribution in [0.15, 0.2) is 22.7 Å². The van der Waals surface area contributed by atoms with E-state index in [9.17, 15) is 0 Å². The highest BCUT2D eigenvalue weighted by Gasteiger charge is 2.17. The first kappa shape index (κ1) is 12.2. The maximum absolute atomic E-state index is 5.45. The van der Waals surface area contributed by atoms with E-state index in [4.69, 9.17) is 9.26 Å². The summed E-state index contributed by atoms with van der Waals surface area (Å²) in [6.07, 6.45) is 0.932. The van der Waals surface area contributed by atoms with Crippen molar-refractivity contribution in [2.75, 3.05) is 18.5 Å². The van der Waals surface area contributed by atoms with Crippen LogP contribution in [-0.4, -0.2) is 23.3 Å². The van der Waals surface area contributed by atoms with Crippen LogP contribution in [0.5, 0.6) is 0 Å². The monoisotopic (exact) mass is 259 g/mol. The van der Waals surface area contributed by atoms with Gasteiger partial charge in [0.2, 0.25) is 5.82 Å². The van der Waals surface area contributed by atoms with Crippen molar-refractivity contribution < 1.29 is 9.26 Å². The summed E-state index contributed by atoms with van der Waals surface area (Å²) in [5.74, 6) is 1.13. The van der Waals surface area contributed by atoms with Gasteiger partial charge in [-0.25, -0.2) is 0 Å². The van der Waals surface area contributed by atoms with Crippen molar-refractivity contribution in [3.8, 4) is 11.5 Å². The van der Waals surface area contributed by atoms with Gasteiger partial charge in [-0.15, -0.1) is 0 Å². The molecule has 0 saturated heterocycles. The zero-order valence-electron chi connectivity index (χ0n) is 11.1. The normalized spacial score (nSPS) is 15.1. The summed E-state index contributed by atoms with van der Waals surface area (Å²) in [4.78, 5) is 4.39. The minimum atomic E-state index is -0.143. The zero-order valence-corrected chi connectivity index (χ0v) is 11.1. The zero-order chi connectivity index (χ0) is 13.2. The lowest BCUT2D eigenvalue weighted by Crippen LogP contribution is -2.01. The van der Waals surface area contributed by atoms with E-state index in [0.717, 1.165) is 24.2 Å². The Kier molecular flexibility index (Phi) is 3.21. The lowest BCUT2D eigenvalue weighted by molar-refractivity contribution is 0.0683. The molecule has 1 atom stereocenters. The summed E-state index contributed by atoms with van der Waals surface area (Å²) in [5.41, 5.74) is 3.44. The summed E-state index contributed by atoms with van der Waals surface area (Å²) < 4.78 is 10.8. The molecule has 0 radical (unpaired) electrons. The lowest BCUT2D eigenvalue weighted by Gasteiger charge is -2.04. The molecule has 0 bridgehead atoms. The van der Waals surface area contributed by atoms with Crippen molar-refractivity contribution in [2.45, 2.75) is 26.4 Å². The molecule has 2 aromatic rings. The maximum Gasteiger partial charge on any atom is 0.258 e. The van der Waals surface area contributed by atoms with Crippen LogP contribution in [0.4, 0.5) is 5.69 Å². The predicted molar refractivity (Wildman–Crippen MR) is 72.0 cm³/mol. The van der Waals surface area contributed by atoms with Gasteiger partial charge in [0.15, 0.2) is 0 Å². The molecule has 0 saturated carbocycles. The SMILES string of the molecule is CCOC(C)c1noc(-c2ccc3c(c2)NCC3)n1. The van der Waals surface area contributed by atoms with Gasteiger partial charge in [0.05, 0.1) is 0 Å². The fourth-order valence-electron chi connectivity index (χ4n) is 2.27. The minimum Gasteiger partial charge on any atom is -0.384 e. The van der Waals surface area contributed by atoms with Crippen molar-refractivity contribution in [1.82, 2.24) is 10.1 Å². The molecule has 1 N–H and O–H groups in total. The van der Waals surface area contributed by atoms with Gasteiger partial charge in [-0.05, 0) is 38.0 Å². The van der Waals surface area contributed by atoms with Gasteiger partial charge in [-0.1, -0.05) is 11.2 Å². The second-order valence-corrected chi connectivity index (χ2v) is 4.60. The smallest absolute Gasteiger partial charge is 0.258 e. The van der Waals surface area contributed by atoms with E-state index < -0.39 is 0 Å². The molecular formula is C14H17N3O2. The van der Waals surface area contributed by atoms with Gasteiger partial charge in [0.25, 0.3) is 5.89 Å². The summed E-state index contributed by atoms with van der Waals surface area (Å²) >= 11 is 0. The number of fused-ring (bicyclic) bond motifs is 1. The number of hydrogen-bond acceptors (Lipinski definition) is 5. The molecule has 1 unspecified atom stereocenters. The fraction of sp³-hybridized carbons (Fsp3) is 0.429. The Morgan fingerprint density at radius 1 is 1.47 bits per heavy atom. The Morgan fingerprint density at radius 3 is 3.21 bits per heavy atom. The van der Waals surface area contributed by atoms with Crippen molar-refractivity contribution in [3.05, 3.63) is 29.6 Å². The number of nitrogens with one attached hydrogen (secondary N) is 1. The minimum absolute atomic E-state index is 0.143. The second-order valence-electron chi connectivity index (χ2n) is 4.60.